The smallest absolute Gasteiger partial charge is 0.337 e. The van der Waals surface area contributed by atoms with Crippen molar-refractivity contribution in [1.29, 1.82) is 0 Å². The number of nitrogens with zero attached hydrogens (tertiary/aromatic N) is 1. The van der Waals surface area contributed by atoms with Crippen LogP contribution in [0, 0.1) is 0 Å². The van der Waals surface area contributed by atoms with E-state index in [0.717, 1.165) is 0 Å². The highest BCUT2D eigenvalue weighted by molar-refractivity contribution is 5.93. The molecule has 0 saturated heterocycles. The van der Waals surface area contributed by atoms with Gasteiger partial charge in [0.25, 0.3) is 0 Å². The maximum Gasteiger partial charge on any atom is 0.337 e. The number of carboxylic acid groups (broad SMARTS) is 1. The third-order valence-electron chi connectivity index (χ3n) is 2.14. The molecule has 0 aromatic carbocycles. The van der Waals surface area contributed by atoms with Gasteiger partial charge in [-0.05, 0) is 25.5 Å². The molecule has 0 radical (unpaired) electrons. The highest BCUT2D eigenvalue weighted by Crippen LogP contribution is 2.25. The van der Waals surface area contributed by atoms with Crippen molar-refractivity contribution in [2.24, 2.45) is 11.6 Å². The summed E-state index contributed by atoms with van der Waals surface area (Å²) < 4.78 is 0. The summed E-state index contributed by atoms with van der Waals surface area (Å²) in [6.45, 7) is 3.35. The van der Waals surface area contributed by atoms with E-state index in [4.69, 9.17) is 16.7 Å². The second-order valence-corrected chi connectivity index (χ2v) is 3.05. The van der Waals surface area contributed by atoms with Crippen molar-refractivity contribution in [2.75, 3.05) is 0 Å². The Morgan fingerprint density at radius 2 is 2.14 bits per heavy atom. The van der Waals surface area contributed by atoms with Crippen LogP contribution in [-0.4, -0.2) is 16.1 Å². The van der Waals surface area contributed by atoms with Crippen LogP contribution in [0.3, 0.4) is 0 Å². The number of hydrazine groups is 1. The molecule has 0 bridgehead atoms. The fourth-order valence-electron chi connectivity index (χ4n) is 1.41. The number of allylic oxidation sites excluding steroid dienone is 2. The first-order valence-corrected chi connectivity index (χ1v) is 4.08. The van der Waals surface area contributed by atoms with Crippen LogP contribution in [0.1, 0.15) is 13.8 Å². The third kappa shape index (κ3) is 1.49. The van der Waals surface area contributed by atoms with Gasteiger partial charge in [0.05, 0.1) is 11.3 Å². The van der Waals surface area contributed by atoms with E-state index in [1.807, 2.05) is 0 Å². The molecule has 0 fully saturated rings. The van der Waals surface area contributed by atoms with Gasteiger partial charge in [0.15, 0.2) is 0 Å². The lowest BCUT2D eigenvalue weighted by atomic mass is 10.0. The molecular formula is C9H13N3O2. The van der Waals surface area contributed by atoms with Gasteiger partial charge in [0, 0.05) is 11.9 Å². The van der Waals surface area contributed by atoms with Crippen LogP contribution in [0.25, 0.3) is 0 Å². The SMILES string of the molecule is CC1=C/C(=C/N)N(N)C(C)=C1C(=O)O. The number of carboxylic acids is 1. The van der Waals surface area contributed by atoms with Crippen molar-refractivity contribution in [3.8, 4) is 0 Å². The van der Waals surface area contributed by atoms with Crippen LogP contribution in [0.2, 0.25) is 0 Å². The summed E-state index contributed by atoms with van der Waals surface area (Å²) in [6.07, 6.45) is 2.97. The summed E-state index contributed by atoms with van der Waals surface area (Å²) in [5.41, 5.74) is 7.28. The first kappa shape index (κ1) is 10.3. The molecule has 0 aliphatic carbocycles. The molecule has 1 aliphatic rings. The standard InChI is InChI=1S/C9H13N3O2/c1-5-3-7(4-10)12(11)6(2)8(5)9(13)14/h3-4H,10-11H2,1-2H3,(H,13,14)/b7-4-. The fraction of sp³-hybridized carbons (Fsp3) is 0.222. The number of rotatable bonds is 1. The zero-order valence-corrected chi connectivity index (χ0v) is 8.11. The van der Waals surface area contributed by atoms with Crippen LogP contribution in [0.5, 0.6) is 0 Å². The normalized spacial score (nSPS) is 20.1. The largest absolute Gasteiger partial charge is 0.478 e. The Kier molecular flexibility index (Phi) is 2.62. The van der Waals surface area contributed by atoms with E-state index in [0.29, 0.717) is 17.0 Å². The minimum atomic E-state index is -0.984. The number of hydrogen-bond donors (Lipinski definition) is 3. The molecule has 5 N–H and O–H groups in total. The predicted molar refractivity (Wildman–Crippen MR) is 52.4 cm³/mol. The zero-order chi connectivity index (χ0) is 10.9. The average molecular weight is 195 g/mol. The zero-order valence-electron chi connectivity index (χ0n) is 8.11. The van der Waals surface area contributed by atoms with Crippen LogP contribution >= 0.6 is 0 Å². The Balaban J connectivity index is 3.27. The van der Waals surface area contributed by atoms with E-state index in [9.17, 15) is 4.79 Å². The van der Waals surface area contributed by atoms with Crippen molar-refractivity contribution >= 4 is 5.97 Å². The van der Waals surface area contributed by atoms with Crippen LogP contribution in [-0.2, 0) is 4.79 Å². The first-order valence-electron chi connectivity index (χ1n) is 4.08. The molecular weight excluding hydrogens is 182 g/mol. The maximum atomic E-state index is 10.9. The lowest BCUT2D eigenvalue weighted by Crippen LogP contribution is -2.33. The van der Waals surface area contributed by atoms with Gasteiger partial charge in [-0.1, -0.05) is 0 Å². The van der Waals surface area contributed by atoms with Crippen molar-refractivity contribution in [1.82, 2.24) is 5.01 Å². The number of hydrogen-bond acceptors (Lipinski definition) is 4. The van der Waals surface area contributed by atoms with Gasteiger partial charge in [-0.25, -0.2) is 10.6 Å². The molecule has 1 aliphatic heterocycles. The van der Waals surface area contributed by atoms with E-state index in [1.165, 1.54) is 11.2 Å². The predicted octanol–water partition coefficient (Wildman–Crippen LogP) is 0.281. The summed E-state index contributed by atoms with van der Waals surface area (Å²) >= 11 is 0. The molecule has 0 saturated carbocycles. The van der Waals surface area contributed by atoms with Gasteiger partial charge in [-0.15, -0.1) is 0 Å². The molecule has 76 valence electrons. The Labute approximate surface area is 81.9 Å². The van der Waals surface area contributed by atoms with E-state index in [-0.39, 0.29) is 5.57 Å². The van der Waals surface area contributed by atoms with E-state index < -0.39 is 5.97 Å². The quantitative estimate of drug-likeness (QED) is 0.522. The van der Waals surface area contributed by atoms with E-state index in [1.54, 1.807) is 19.9 Å². The molecule has 0 unspecified atom stereocenters. The van der Waals surface area contributed by atoms with Gasteiger partial charge in [0.1, 0.15) is 0 Å². The summed E-state index contributed by atoms with van der Waals surface area (Å²) in [5.74, 6) is 4.66. The maximum absolute atomic E-state index is 10.9. The van der Waals surface area contributed by atoms with Gasteiger partial charge in [0.2, 0.25) is 0 Å². The van der Waals surface area contributed by atoms with Crippen LogP contribution in [0.15, 0.2) is 34.8 Å². The highest BCUT2D eigenvalue weighted by Gasteiger charge is 2.22. The molecule has 0 aromatic heterocycles. The van der Waals surface area contributed by atoms with Crippen LogP contribution in [0.4, 0.5) is 0 Å². The minimum Gasteiger partial charge on any atom is -0.478 e. The second kappa shape index (κ2) is 3.55. The Hall–Kier alpha value is -1.75. The summed E-state index contributed by atoms with van der Waals surface area (Å²) in [7, 11) is 0. The third-order valence-corrected chi connectivity index (χ3v) is 2.14. The minimum absolute atomic E-state index is 0.220. The average Bonchev–Trinajstić information content (AvgIpc) is 2.10. The highest BCUT2D eigenvalue weighted by atomic mass is 16.4. The molecule has 0 atom stereocenters. The topological polar surface area (TPSA) is 92.6 Å². The molecule has 0 spiro atoms. The Bertz CT molecular complexity index is 366. The summed E-state index contributed by atoms with van der Waals surface area (Å²) in [6, 6.07) is 0. The second-order valence-electron chi connectivity index (χ2n) is 3.05. The van der Waals surface area contributed by atoms with Crippen molar-refractivity contribution in [3.05, 3.63) is 34.8 Å². The van der Waals surface area contributed by atoms with Crippen LogP contribution < -0.4 is 11.6 Å². The summed E-state index contributed by atoms with van der Waals surface area (Å²) in [4.78, 5) is 10.9. The molecule has 14 heavy (non-hydrogen) atoms. The van der Waals surface area contributed by atoms with Crippen molar-refractivity contribution in [3.63, 3.8) is 0 Å². The van der Waals surface area contributed by atoms with E-state index >= 15 is 0 Å². The first-order chi connectivity index (χ1) is 6.49. The van der Waals surface area contributed by atoms with Gasteiger partial charge < -0.3 is 10.8 Å². The van der Waals surface area contributed by atoms with Crippen molar-refractivity contribution in [2.45, 2.75) is 13.8 Å². The monoisotopic (exact) mass is 195 g/mol. The Morgan fingerprint density at radius 3 is 2.57 bits per heavy atom. The molecule has 0 aromatic rings. The molecule has 5 nitrogen and oxygen atoms in total. The van der Waals surface area contributed by atoms with Crippen molar-refractivity contribution < 1.29 is 9.90 Å². The fourth-order valence-corrected chi connectivity index (χ4v) is 1.41. The van der Waals surface area contributed by atoms with Gasteiger partial charge in [-0.3, -0.25) is 5.01 Å². The summed E-state index contributed by atoms with van der Waals surface area (Å²) in [5, 5.41) is 10.2. The Morgan fingerprint density at radius 1 is 1.57 bits per heavy atom. The van der Waals surface area contributed by atoms with Gasteiger partial charge >= 0.3 is 5.97 Å². The number of carbonyl (C=O) groups is 1. The number of nitrogens with two attached hydrogens (primary N) is 2. The lowest BCUT2D eigenvalue weighted by molar-refractivity contribution is -0.132. The molecule has 1 heterocycles. The van der Waals surface area contributed by atoms with E-state index in [2.05, 4.69) is 0 Å². The molecule has 1 rings (SSSR count). The molecule has 0 amide bonds. The van der Waals surface area contributed by atoms with Gasteiger partial charge in [-0.2, -0.15) is 0 Å². The number of aliphatic carboxylic acids is 1. The molecule has 5 heteroatoms. The lowest BCUT2D eigenvalue weighted by Gasteiger charge is -2.26.